The van der Waals surface area contributed by atoms with Crippen LogP contribution in [0.3, 0.4) is 0 Å². The van der Waals surface area contributed by atoms with Crippen LogP contribution in [-0.4, -0.2) is 33.5 Å². The van der Waals surface area contributed by atoms with Crippen LogP contribution in [0.4, 0.5) is 10.5 Å². The molecule has 1 atom stereocenters. The molecule has 2 heterocycles. The number of nitrogens with one attached hydrogen (secondary N) is 1. The predicted octanol–water partition coefficient (Wildman–Crippen LogP) is 3.84. The highest BCUT2D eigenvalue weighted by Gasteiger charge is 2.25. The lowest BCUT2D eigenvalue weighted by Crippen LogP contribution is -2.43. The van der Waals surface area contributed by atoms with E-state index in [0.29, 0.717) is 18.0 Å². The normalized spacial score (nSPS) is 17.6. The first-order valence-electron chi connectivity index (χ1n) is 7.44. The lowest BCUT2D eigenvalue weighted by atomic mass is 10.0. The maximum atomic E-state index is 12.4. The Bertz CT molecular complexity index is 732. The number of aromatic nitrogens is 2. The lowest BCUT2D eigenvalue weighted by Gasteiger charge is -2.32. The van der Waals surface area contributed by atoms with Gasteiger partial charge in [0.1, 0.15) is 6.33 Å². The van der Waals surface area contributed by atoms with Crippen molar-refractivity contribution in [3.63, 3.8) is 0 Å². The number of hydrogen-bond donors (Lipinski definition) is 1. The molecule has 2 aromatic rings. The van der Waals surface area contributed by atoms with Crippen molar-refractivity contribution in [1.29, 1.82) is 0 Å². The van der Waals surface area contributed by atoms with Crippen LogP contribution in [0.25, 0.3) is 5.57 Å². The van der Waals surface area contributed by atoms with Gasteiger partial charge in [0.05, 0.1) is 10.7 Å². The highest BCUT2D eigenvalue weighted by molar-refractivity contribution is 6.32. The fourth-order valence-corrected chi connectivity index (χ4v) is 2.89. The van der Waals surface area contributed by atoms with Gasteiger partial charge in [-0.15, -0.1) is 0 Å². The smallest absolute Gasteiger partial charge is 0.318 e. The number of para-hydroxylation sites is 1. The molecule has 6 heteroatoms. The van der Waals surface area contributed by atoms with Crippen LogP contribution in [0.1, 0.15) is 19.0 Å². The molecule has 118 valence electrons. The lowest BCUT2D eigenvalue weighted by molar-refractivity contribution is 0.202. The number of carbonyl (C=O) groups is 1. The molecule has 0 unspecified atom stereocenters. The van der Waals surface area contributed by atoms with Crippen molar-refractivity contribution in [2.75, 3.05) is 11.9 Å². The largest absolute Gasteiger partial charge is 0.322 e. The monoisotopic (exact) mass is 328 g/mol. The van der Waals surface area contributed by atoms with E-state index in [0.717, 1.165) is 17.0 Å². The van der Waals surface area contributed by atoms with Crippen molar-refractivity contribution < 1.29 is 4.79 Å². The molecular formula is C17H17ClN4O. The summed E-state index contributed by atoms with van der Waals surface area (Å²) < 4.78 is 0. The zero-order valence-electron chi connectivity index (χ0n) is 12.7. The van der Waals surface area contributed by atoms with Gasteiger partial charge in [-0.3, -0.25) is 0 Å². The molecule has 23 heavy (non-hydrogen) atoms. The quantitative estimate of drug-likeness (QED) is 0.911. The fourth-order valence-electron chi connectivity index (χ4n) is 2.66. The molecule has 0 bridgehead atoms. The minimum Gasteiger partial charge on any atom is -0.318 e. The number of rotatable bonds is 2. The second-order valence-electron chi connectivity index (χ2n) is 5.39. The van der Waals surface area contributed by atoms with Crippen molar-refractivity contribution in [1.82, 2.24) is 14.9 Å². The van der Waals surface area contributed by atoms with Gasteiger partial charge >= 0.3 is 6.03 Å². The second kappa shape index (κ2) is 6.79. The maximum absolute atomic E-state index is 12.4. The van der Waals surface area contributed by atoms with Crippen LogP contribution in [0.15, 0.2) is 48.9 Å². The molecule has 1 aromatic carbocycles. The van der Waals surface area contributed by atoms with E-state index in [1.807, 2.05) is 43.3 Å². The minimum atomic E-state index is -0.104. The van der Waals surface area contributed by atoms with E-state index in [4.69, 9.17) is 11.6 Å². The second-order valence-corrected chi connectivity index (χ2v) is 5.80. The van der Waals surface area contributed by atoms with Crippen molar-refractivity contribution >= 4 is 28.9 Å². The molecule has 0 fully saturated rings. The molecule has 1 aromatic heterocycles. The van der Waals surface area contributed by atoms with E-state index in [-0.39, 0.29) is 12.1 Å². The third-order valence-electron chi connectivity index (χ3n) is 3.81. The van der Waals surface area contributed by atoms with Gasteiger partial charge in [-0.1, -0.05) is 35.9 Å². The summed E-state index contributed by atoms with van der Waals surface area (Å²) in [6.45, 7) is 2.60. The molecule has 0 aliphatic carbocycles. The molecule has 5 nitrogen and oxygen atoms in total. The number of urea groups is 1. The Hall–Kier alpha value is -2.40. The van der Waals surface area contributed by atoms with E-state index >= 15 is 0 Å². The van der Waals surface area contributed by atoms with Crippen molar-refractivity contribution in [2.45, 2.75) is 19.4 Å². The molecule has 1 aliphatic heterocycles. The number of hydrogen-bond acceptors (Lipinski definition) is 3. The summed E-state index contributed by atoms with van der Waals surface area (Å²) in [6.07, 6.45) is 5.82. The molecule has 0 saturated carbocycles. The Morgan fingerprint density at radius 3 is 2.83 bits per heavy atom. The first kappa shape index (κ1) is 15.5. The molecule has 3 rings (SSSR count). The van der Waals surface area contributed by atoms with E-state index in [1.165, 1.54) is 6.33 Å². The summed E-state index contributed by atoms with van der Waals surface area (Å²) in [7, 11) is 0. The van der Waals surface area contributed by atoms with Gasteiger partial charge in [-0.25, -0.2) is 14.8 Å². The van der Waals surface area contributed by atoms with Gasteiger partial charge < -0.3 is 10.2 Å². The molecular weight excluding hydrogens is 312 g/mol. The number of amides is 2. The number of nitrogens with zero attached hydrogens (tertiary/aromatic N) is 3. The van der Waals surface area contributed by atoms with Crippen molar-refractivity contribution in [2.24, 2.45) is 0 Å². The Morgan fingerprint density at radius 2 is 2.13 bits per heavy atom. The summed E-state index contributed by atoms with van der Waals surface area (Å²) in [4.78, 5) is 22.4. The standard InChI is InChI=1S/C17H17ClN4O/c1-12-9-13(16-15(18)10-19-11-20-16)7-8-22(12)17(23)21-14-5-3-2-4-6-14/h2-6,9-12H,7-8H2,1H3,(H,21,23)/t12-/m1/s1. The molecule has 1 N–H and O–H groups in total. The van der Waals surface area contributed by atoms with Gasteiger partial charge in [0.2, 0.25) is 0 Å². The average Bonchev–Trinajstić information content (AvgIpc) is 2.56. The van der Waals surface area contributed by atoms with E-state index in [2.05, 4.69) is 15.3 Å². The van der Waals surface area contributed by atoms with Gasteiger partial charge in [0, 0.05) is 24.5 Å². The molecule has 0 saturated heterocycles. The Labute approximate surface area is 140 Å². The fraction of sp³-hybridized carbons (Fsp3) is 0.235. The number of benzene rings is 1. The Morgan fingerprint density at radius 1 is 1.35 bits per heavy atom. The van der Waals surface area contributed by atoms with Crippen molar-refractivity contribution in [3.05, 3.63) is 59.6 Å². The van der Waals surface area contributed by atoms with Gasteiger partial charge in [0.15, 0.2) is 0 Å². The average molecular weight is 329 g/mol. The first-order valence-corrected chi connectivity index (χ1v) is 7.82. The van der Waals surface area contributed by atoms with Crippen LogP contribution < -0.4 is 5.32 Å². The topological polar surface area (TPSA) is 58.1 Å². The number of carbonyl (C=O) groups excluding carboxylic acids is 1. The van der Waals surface area contributed by atoms with Crippen molar-refractivity contribution in [3.8, 4) is 0 Å². The molecule has 0 spiro atoms. The molecule has 1 aliphatic rings. The minimum absolute atomic E-state index is 0.0338. The Kier molecular flexibility index (Phi) is 4.57. The van der Waals surface area contributed by atoms with Gasteiger partial charge in [-0.05, 0) is 31.1 Å². The third-order valence-corrected chi connectivity index (χ3v) is 4.09. The summed E-state index contributed by atoms with van der Waals surface area (Å²) in [6, 6.07) is 9.30. The number of halogens is 1. The zero-order valence-corrected chi connectivity index (χ0v) is 13.5. The van der Waals surface area contributed by atoms with Crippen LogP contribution in [0, 0.1) is 0 Å². The SMILES string of the molecule is C[C@@H]1C=C(c2ncncc2Cl)CCN1C(=O)Nc1ccccc1. The number of anilines is 1. The first-order chi connectivity index (χ1) is 11.1. The predicted molar refractivity (Wildman–Crippen MR) is 91.3 cm³/mol. The van der Waals surface area contributed by atoms with Crippen LogP contribution in [0.5, 0.6) is 0 Å². The highest BCUT2D eigenvalue weighted by Crippen LogP contribution is 2.28. The van der Waals surface area contributed by atoms with Gasteiger partial charge in [-0.2, -0.15) is 0 Å². The zero-order chi connectivity index (χ0) is 16.2. The summed E-state index contributed by atoms with van der Waals surface area (Å²) in [5.74, 6) is 0. The highest BCUT2D eigenvalue weighted by atomic mass is 35.5. The van der Waals surface area contributed by atoms with Gasteiger partial charge in [0.25, 0.3) is 0 Å². The molecule has 2 amide bonds. The summed E-state index contributed by atoms with van der Waals surface area (Å²) in [5, 5.41) is 3.45. The van der Waals surface area contributed by atoms with Crippen LogP contribution in [0.2, 0.25) is 5.02 Å². The Balaban J connectivity index is 1.73. The summed E-state index contributed by atoms with van der Waals surface area (Å²) in [5.41, 5.74) is 2.59. The molecule has 0 radical (unpaired) electrons. The summed E-state index contributed by atoms with van der Waals surface area (Å²) >= 11 is 6.15. The van der Waals surface area contributed by atoms with E-state index in [9.17, 15) is 4.79 Å². The van der Waals surface area contributed by atoms with E-state index in [1.54, 1.807) is 11.1 Å². The maximum Gasteiger partial charge on any atom is 0.322 e. The van der Waals surface area contributed by atoms with Crippen LogP contribution in [-0.2, 0) is 0 Å². The van der Waals surface area contributed by atoms with E-state index < -0.39 is 0 Å². The third kappa shape index (κ3) is 3.51. The van der Waals surface area contributed by atoms with Crippen LogP contribution >= 0.6 is 11.6 Å².